The van der Waals surface area contributed by atoms with E-state index in [1.165, 1.54) is 0 Å². The Morgan fingerprint density at radius 3 is 3.05 bits per heavy atom. The molecule has 0 unspecified atom stereocenters. The van der Waals surface area contributed by atoms with Crippen molar-refractivity contribution >= 4 is 11.8 Å². The van der Waals surface area contributed by atoms with E-state index in [0.717, 1.165) is 5.69 Å². The van der Waals surface area contributed by atoms with Gasteiger partial charge >= 0.3 is 0 Å². The maximum Gasteiger partial charge on any atom is 0.222 e. The highest BCUT2D eigenvalue weighted by Gasteiger charge is 2.28. The lowest BCUT2D eigenvalue weighted by atomic mass is 10.1. The first-order valence-corrected chi connectivity index (χ1v) is 7.20. The van der Waals surface area contributed by atoms with Crippen LogP contribution >= 0.6 is 0 Å². The van der Waals surface area contributed by atoms with Crippen LogP contribution in [0.3, 0.4) is 0 Å². The van der Waals surface area contributed by atoms with Gasteiger partial charge in [-0.15, -0.1) is 0 Å². The quantitative estimate of drug-likeness (QED) is 0.916. The molecule has 1 N–H and O–H groups in total. The summed E-state index contributed by atoms with van der Waals surface area (Å²) in [6.45, 7) is 2.94. The molecule has 22 heavy (non-hydrogen) atoms. The second-order valence-electron chi connectivity index (χ2n) is 5.38. The number of aromatic nitrogens is 2. The van der Waals surface area contributed by atoms with E-state index >= 15 is 0 Å². The van der Waals surface area contributed by atoms with Crippen LogP contribution in [0, 0.1) is 0 Å². The van der Waals surface area contributed by atoms with E-state index in [9.17, 15) is 9.59 Å². The number of nitrogens with zero attached hydrogens (tertiary/aromatic N) is 3. The molecular formula is C15H18N4O3. The molecule has 3 heterocycles. The van der Waals surface area contributed by atoms with Crippen LogP contribution in [0.5, 0.6) is 0 Å². The summed E-state index contributed by atoms with van der Waals surface area (Å²) in [4.78, 5) is 25.5. The number of hydrogen-bond acceptors (Lipinski definition) is 4. The molecule has 0 saturated carbocycles. The van der Waals surface area contributed by atoms with E-state index < -0.39 is 0 Å². The van der Waals surface area contributed by atoms with E-state index in [4.69, 9.17) is 4.42 Å². The third-order valence-corrected chi connectivity index (χ3v) is 3.79. The van der Waals surface area contributed by atoms with Crippen molar-refractivity contribution < 1.29 is 14.0 Å². The summed E-state index contributed by atoms with van der Waals surface area (Å²) < 4.78 is 7.02. The summed E-state index contributed by atoms with van der Waals surface area (Å²) in [5, 5.41) is 7.10. The van der Waals surface area contributed by atoms with Gasteiger partial charge in [-0.1, -0.05) is 0 Å². The molecule has 1 atom stereocenters. The van der Waals surface area contributed by atoms with Crippen LogP contribution in [0.4, 0.5) is 0 Å². The van der Waals surface area contributed by atoms with Crippen LogP contribution in [0.15, 0.2) is 35.1 Å². The second-order valence-corrected chi connectivity index (χ2v) is 5.38. The fraction of sp³-hybridized carbons (Fsp3) is 0.400. The van der Waals surface area contributed by atoms with Crippen LogP contribution in [0.2, 0.25) is 0 Å². The lowest BCUT2D eigenvalue weighted by Gasteiger charge is -2.33. The molecule has 0 aliphatic carbocycles. The smallest absolute Gasteiger partial charge is 0.222 e. The second kappa shape index (κ2) is 6.05. The summed E-state index contributed by atoms with van der Waals surface area (Å²) in [6, 6.07) is 5.33. The van der Waals surface area contributed by atoms with Crippen LogP contribution in [0.1, 0.15) is 30.8 Å². The maximum absolute atomic E-state index is 12.1. The third-order valence-electron chi connectivity index (χ3n) is 3.79. The molecule has 1 aliphatic heterocycles. The molecular weight excluding hydrogens is 284 g/mol. The average molecular weight is 302 g/mol. The topological polar surface area (TPSA) is 80.4 Å². The van der Waals surface area contributed by atoms with Gasteiger partial charge in [0.25, 0.3) is 0 Å². The number of furan rings is 1. The average Bonchev–Trinajstić information content (AvgIpc) is 3.16. The minimum absolute atomic E-state index is 0.00782. The summed E-state index contributed by atoms with van der Waals surface area (Å²) in [5.74, 6) is 0.629. The van der Waals surface area contributed by atoms with Gasteiger partial charge in [0.15, 0.2) is 0 Å². The normalized spacial score (nSPS) is 17.1. The number of nitrogens with one attached hydrogen (secondary N) is 1. The lowest BCUT2D eigenvalue weighted by Crippen LogP contribution is -2.42. The molecule has 2 aromatic rings. The number of carbonyl (C=O) groups is 2. The van der Waals surface area contributed by atoms with Crippen LogP contribution in [0.25, 0.3) is 0 Å². The Labute approximate surface area is 127 Å². The SMILES string of the molecule is CC(=O)N1Cc2ccnn2[C@H](CC(=O)NCc2ccco2)C1. The number of amides is 2. The molecule has 116 valence electrons. The molecule has 0 saturated heterocycles. The zero-order valence-corrected chi connectivity index (χ0v) is 12.4. The zero-order valence-electron chi connectivity index (χ0n) is 12.4. The van der Waals surface area contributed by atoms with Gasteiger partial charge in [-0.05, 0) is 18.2 Å². The summed E-state index contributed by atoms with van der Waals surface area (Å²) >= 11 is 0. The zero-order chi connectivity index (χ0) is 15.5. The highest BCUT2D eigenvalue weighted by molar-refractivity contribution is 5.77. The molecule has 2 amide bonds. The lowest BCUT2D eigenvalue weighted by molar-refractivity contribution is -0.132. The fourth-order valence-electron chi connectivity index (χ4n) is 2.66. The maximum atomic E-state index is 12.1. The molecule has 0 aromatic carbocycles. The minimum atomic E-state index is -0.140. The van der Waals surface area contributed by atoms with Crippen molar-refractivity contribution in [2.45, 2.75) is 32.5 Å². The first-order chi connectivity index (χ1) is 10.6. The molecule has 3 rings (SSSR count). The fourth-order valence-corrected chi connectivity index (χ4v) is 2.66. The van der Waals surface area contributed by atoms with Gasteiger partial charge in [-0.3, -0.25) is 14.3 Å². The first-order valence-electron chi connectivity index (χ1n) is 7.20. The van der Waals surface area contributed by atoms with Crippen molar-refractivity contribution in [2.75, 3.05) is 6.54 Å². The van der Waals surface area contributed by atoms with Gasteiger partial charge < -0.3 is 14.6 Å². The molecule has 0 radical (unpaired) electrons. The summed E-state index contributed by atoms with van der Waals surface area (Å²) in [5.41, 5.74) is 0.949. The number of rotatable bonds is 4. The van der Waals surface area contributed by atoms with E-state index in [1.54, 1.807) is 30.4 Å². The predicted octanol–water partition coefficient (Wildman–Crippen LogP) is 1.09. The van der Waals surface area contributed by atoms with Gasteiger partial charge in [0.1, 0.15) is 5.76 Å². The van der Waals surface area contributed by atoms with Crippen molar-refractivity contribution in [3.63, 3.8) is 0 Å². The molecule has 0 spiro atoms. The Bertz CT molecular complexity index is 662. The van der Waals surface area contributed by atoms with E-state index in [-0.39, 0.29) is 24.3 Å². The predicted molar refractivity (Wildman–Crippen MR) is 77.5 cm³/mol. The van der Waals surface area contributed by atoms with Crippen molar-refractivity contribution in [3.8, 4) is 0 Å². The van der Waals surface area contributed by atoms with Gasteiger partial charge in [0.05, 0.1) is 37.5 Å². The third kappa shape index (κ3) is 3.03. The molecule has 7 nitrogen and oxygen atoms in total. The molecule has 2 aromatic heterocycles. The van der Waals surface area contributed by atoms with Crippen molar-refractivity contribution in [1.29, 1.82) is 0 Å². The van der Waals surface area contributed by atoms with Crippen LogP contribution in [-0.4, -0.2) is 33.0 Å². The van der Waals surface area contributed by atoms with Gasteiger partial charge in [-0.2, -0.15) is 5.10 Å². The van der Waals surface area contributed by atoms with Gasteiger partial charge in [-0.25, -0.2) is 0 Å². The number of carbonyl (C=O) groups excluding carboxylic acids is 2. The van der Waals surface area contributed by atoms with Gasteiger partial charge in [0.2, 0.25) is 11.8 Å². The van der Waals surface area contributed by atoms with E-state index in [1.807, 2.05) is 16.8 Å². The molecule has 7 heteroatoms. The Morgan fingerprint density at radius 2 is 2.32 bits per heavy atom. The Morgan fingerprint density at radius 1 is 1.45 bits per heavy atom. The van der Waals surface area contributed by atoms with E-state index in [2.05, 4.69) is 10.4 Å². The Hall–Kier alpha value is -2.57. The summed E-state index contributed by atoms with van der Waals surface area (Å²) in [6.07, 6.45) is 3.55. The molecule has 0 fully saturated rings. The molecule has 0 bridgehead atoms. The van der Waals surface area contributed by atoms with Crippen molar-refractivity contribution in [3.05, 3.63) is 42.1 Å². The van der Waals surface area contributed by atoms with Crippen molar-refractivity contribution in [2.24, 2.45) is 0 Å². The first kappa shape index (κ1) is 14.4. The van der Waals surface area contributed by atoms with Gasteiger partial charge in [0, 0.05) is 19.7 Å². The Kier molecular flexibility index (Phi) is 3.95. The molecule has 1 aliphatic rings. The van der Waals surface area contributed by atoms with Crippen LogP contribution in [-0.2, 0) is 22.7 Å². The van der Waals surface area contributed by atoms with E-state index in [0.29, 0.717) is 25.4 Å². The highest BCUT2D eigenvalue weighted by atomic mass is 16.3. The van der Waals surface area contributed by atoms with Crippen molar-refractivity contribution in [1.82, 2.24) is 20.0 Å². The Balaban J connectivity index is 1.63. The number of hydrogen-bond donors (Lipinski definition) is 1. The standard InChI is InChI=1S/C15H18N4O3/c1-11(20)18-9-12-4-5-17-19(12)13(10-18)7-15(21)16-8-14-3-2-6-22-14/h2-6,13H,7-10H2,1H3,(H,16,21)/t13-/m1/s1. The highest BCUT2D eigenvalue weighted by Crippen LogP contribution is 2.22. The van der Waals surface area contributed by atoms with Crippen LogP contribution < -0.4 is 5.32 Å². The largest absolute Gasteiger partial charge is 0.467 e. The minimum Gasteiger partial charge on any atom is -0.467 e. The summed E-state index contributed by atoms with van der Waals surface area (Å²) in [7, 11) is 0. The number of fused-ring (bicyclic) bond motifs is 1. The monoisotopic (exact) mass is 302 g/mol.